The topological polar surface area (TPSA) is 181 Å². The van der Waals surface area contributed by atoms with Gasteiger partial charge < -0.3 is 40.2 Å². The van der Waals surface area contributed by atoms with Crippen LogP contribution in [0.3, 0.4) is 0 Å². The molecule has 18 heteroatoms. The first-order chi connectivity index (χ1) is 27.3. The molecule has 4 aliphatic rings. The number of anilines is 1. The number of alkyl halides is 2. The van der Waals surface area contributed by atoms with Crippen LogP contribution >= 0.6 is 22.9 Å². The molecule has 4 fully saturated rings. The van der Waals surface area contributed by atoms with Gasteiger partial charge in [-0.1, -0.05) is 45.7 Å². The Kier molecular flexibility index (Phi) is 11.0. The van der Waals surface area contributed by atoms with E-state index in [1.54, 1.807) is 39.0 Å². The highest BCUT2D eigenvalue weighted by atomic mass is 35.5. The summed E-state index contributed by atoms with van der Waals surface area (Å²) >= 11 is 8.21. The van der Waals surface area contributed by atoms with E-state index >= 15 is 0 Å². The number of ether oxygens (including phenoxy) is 3. The molecule has 0 spiro atoms. The Bertz CT molecular complexity index is 2120. The van der Waals surface area contributed by atoms with E-state index in [1.807, 2.05) is 26.2 Å². The van der Waals surface area contributed by atoms with E-state index in [9.17, 15) is 33.1 Å². The van der Waals surface area contributed by atoms with Crippen molar-refractivity contribution in [2.75, 3.05) is 19.0 Å². The molecule has 3 amide bonds. The first-order valence-corrected chi connectivity index (χ1v) is 20.8. The zero-order valence-electron chi connectivity index (χ0n) is 33.4. The number of alkyl carbamates (subject to hydrolysis) is 1. The smallest absolute Gasteiger partial charge is 0.408 e. The summed E-state index contributed by atoms with van der Waals surface area (Å²) in [6, 6.07) is 2.88. The number of amides is 3. The minimum atomic E-state index is -2.74. The number of carbonyl (C=O) groups excluding carboxylic acids is 3. The van der Waals surface area contributed by atoms with E-state index in [4.69, 9.17) is 35.8 Å². The van der Waals surface area contributed by atoms with Gasteiger partial charge in [-0.25, -0.2) is 28.3 Å². The SMILES string of the molecule is CCC1C[C@]1(NC(=O)[C@@H]1CC(Oc2cc(-c3csc(NC(C)C)n3)nc3c(Cl)c(OC)ccc23)CN1C(=O)[C@@H](NC(=O)OC1C[C@@H]2[C@H](C1)C2(F)F)C(C)(C)C)C(=O)O. The number of carboxylic acids is 1. The van der Waals surface area contributed by atoms with Crippen LogP contribution in [0.1, 0.15) is 73.6 Å². The second-order valence-corrected chi connectivity index (χ2v) is 18.4. The Morgan fingerprint density at radius 1 is 1.07 bits per heavy atom. The largest absolute Gasteiger partial charge is 0.495 e. The molecular formula is C40H49ClF2N6O8S. The highest BCUT2D eigenvalue weighted by Crippen LogP contribution is 2.64. The maximum absolute atomic E-state index is 14.7. The van der Waals surface area contributed by atoms with Crippen molar-refractivity contribution in [2.24, 2.45) is 23.2 Å². The third-order valence-corrected chi connectivity index (χ3v) is 12.9. The Balaban J connectivity index is 1.19. The average molecular weight is 847 g/mol. The summed E-state index contributed by atoms with van der Waals surface area (Å²) in [6.07, 6.45) is -1.59. The van der Waals surface area contributed by atoms with Crippen LogP contribution in [0.4, 0.5) is 18.7 Å². The number of aliphatic carboxylic acids is 1. The van der Waals surface area contributed by atoms with Crippen LogP contribution in [0.5, 0.6) is 11.5 Å². The lowest BCUT2D eigenvalue weighted by Gasteiger charge is -2.35. The fourth-order valence-corrected chi connectivity index (χ4v) is 9.56. The maximum atomic E-state index is 14.7. The molecule has 58 heavy (non-hydrogen) atoms. The van der Waals surface area contributed by atoms with Gasteiger partial charge in [0.1, 0.15) is 52.0 Å². The number of pyridine rings is 1. The van der Waals surface area contributed by atoms with Gasteiger partial charge in [0.2, 0.25) is 11.8 Å². The molecule has 4 N–H and O–H groups in total. The van der Waals surface area contributed by atoms with Crippen molar-refractivity contribution >= 4 is 62.8 Å². The van der Waals surface area contributed by atoms with Gasteiger partial charge in [-0.05, 0) is 56.6 Å². The second-order valence-electron chi connectivity index (χ2n) is 17.2. The molecule has 1 aromatic carbocycles. The summed E-state index contributed by atoms with van der Waals surface area (Å²) in [5, 5.41) is 22.1. The van der Waals surface area contributed by atoms with Gasteiger partial charge in [-0.15, -0.1) is 11.3 Å². The first kappa shape index (κ1) is 41.6. The number of carboxylic acid groups (broad SMARTS) is 1. The normalized spacial score (nSPS) is 27.5. The second kappa shape index (κ2) is 15.3. The highest BCUT2D eigenvalue weighted by Gasteiger charge is 2.72. The van der Waals surface area contributed by atoms with Crippen molar-refractivity contribution in [2.45, 2.75) is 115 Å². The average Bonchev–Trinajstić information content (AvgIpc) is 3.58. The predicted molar refractivity (Wildman–Crippen MR) is 212 cm³/mol. The summed E-state index contributed by atoms with van der Waals surface area (Å²) in [5.74, 6) is -6.36. The number of aromatic nitrogens is 2. The van der Waals surface area contributed by atoms with Crippen LogP contribution < -0.4 is 25.4 Å². The van der Waals surface area contributed by atoms with E-state index in [2.05, 4.69) is 16.0 Å². The van der Waals surface area contributed by atoms with E-state index in [1.165, 1.54) is 23.3 Å². The number of nitrogens with zero attached hydrogens (tertiary/aromatic N) is 3. The van der Waals surface area contributed by atoms with Crippen LogP contribution in [0.2, 0.25) is 5.02 Å². The number of benzene rings is 1. The number of hydrogen-bond donors (Lipinski definition) is 4. The Morgan fingerprint density at radius 2 is 1.78 bits per heavy atom. The van der Waals surface area contributed by atoms with Crippen molar-refractivity contribution in [3.05, 3.63) is 28.6 Å². The molecule has 3 saturated carbocycles. The summed E-state index contributed by atoms with van der Waals surface area (Å²) in [4.78, 5) is 65.3. The number of likely N-dealkylation sites (tertiary alicyclic amines) is 1. The Morgan fingerprint density at radius 3 is 2.38 bits per heavy atom. The zero-order valence-corrected chi connectivity index (χ0v) is 34.9. The fourth-order valence-electron chi connectivity index (χ4n) is 8.43. The molecule has 7 rings (SSSR count). The first-order valence-electron chi connectivity index (χ1n) is 19.5. The molecule has 8 atom stereocenters. The van der Waals surface area contributed by atoms with Crippen LogP contribution in [0.25, 0.3) is 22.3 Å². The Hall–Kier alpha value is -4.51. The standard InChI is InChI=1S/C40H49ClF2N6O8S/c1-8-19-15-39(19,35(52)53)48-33(50)27-13-21(16-49(27)34(51)32(38(4,5)6)47-37(54)57-20-11-23-24(12-20)40(23,42)43)56-29-14-25(26-17-58-36(46-26)44-18(2)3)45-31-22(29)9-10-28(55-7)30(31)41/h9-10,14,17-21,23-24,27,32H,8,11-13,15-16H2,1-7H3,(H,44,46)(H,47,54)(H,48,50)(H,52,53)/t19?,20?,21?,23-,24+,27-,32+,39+/m0/s1. The number of nitrogens with one attached hydrogen (secondary N) is 3. The quantitative estimate of drug-likeness (QED) is 0.143. The van der Waals surface area contributed by atoms with Crippen molar-refractivity contribution in [1.82, 2.24) is 25.5 Å². The fraction of sp³-hybridized carbons (Fsp3) is 0.600. The lowest BCUT2D eigenvalue weighted by atomic mass is 9.85. The molecule has 3 aromatic rings. The van der Waals surface area contributed by atoms with Gasteiger partial charge in [-0.3, -0.25) is 9.59 Å². The monoisotopic (exact) mass is 846 g/mol. The molecule has 0 radical (unpaired) electrons. The van der Waals surface area contributed by atoms with Gasteiger partial charge in [0.15, 0.2) is 5.13 Å². The molecular weight excluding hydrogens is 798 g/mol. The number of carbonyl (C=O) groups is 4. The van der Waals surface area contributed by atoms with Crippen molar-refractivity contribution in [3.63, 3.8) is 0 Å². The molecule has 3 heterocycles. The van der Waals surface area contributed by atoms with Gasteiger partial charge in [0.25, 0.3) is 5.92 Å². The Labute approximate surface area is 343 Å². The van der Waals surface area contributed by atoms with Crippen LogP contribution in [-0.4, -0.2) is 99.3 Å². The third kappa shape index (κ3) is 7.83. The summed E-state index contributed by atoms with van der Waals surface area (Å²) in [5.41, 5.74) is -0.987. The van der Waals surface area contributed by atoms with Crippen molar-refractivity contribution < 1.29 is 47.3 Å². The number of hydrogen-bond acceptors (Lipinski definition) is 11. The van der Waals surface area contributed by atoms with Crippen LogP contribution in [-0.2, 0) is 19.1 Å². The van der Waals surface area contributed by atoms with Crippen LogP contribution in [0, 0.1) is 23.2 Å². The van der Waals surface area contributed by atoms with Gasteiger partial charge >= 0.3 is 12.1 Å². The predicted octanol–water partition coefficient (Wildman–Crippen LogP) is 6.74. The molecule has 1 aliphatic heterocycles. The molecule has 314 valence electrons. The molecule has 3 aliphatic carbocycles. The number of thiazole rings is 1. The molecule has 0 bridgehead atoms. The minimum absolute atomic E-state index is 0.0212. The van der Waals surface area contributed by atoms with Crippen molar-refractivity contribution in [1.29, 1.82) is 0 Å². The molecule has 14 nitrogen and oxygen atoms in total. The molecule has 3 unspecified atom stereocenters. The highest BCUT2D eigenvalue weighted by molar-refractivity contribution is 7.14. The zero-order chi connectivity index (χ0) is 42.1. The van der Waals surface area contributed by atoms with Gasteiger partial charge in [0, 0.05) is 41.1 Å². The third-order valence-electron chi connectivity index (χ3n) is 11.8. The van der Waals surface area contributed by atoms with Crippen molar-refractivity contribution in [3.8, 4) is 22.9 Å². The van der Waals surface area contributed by atoms with E-state index in [-0.39, 0.29) is 49.2 Å². The number of methoxy groups -OCH3 is 1. The van der Waals surface area contributed by atoms with Crippen LogP contribution in [0.15, 0.2) is 23.6 Å². The number of rotatable bonds is 13. The van der Waals surface area contributed by atoms with E-state index in [0.29, 0.717) is 45.3 Å². The van der Waals surface area contributed by atoms with Gasteiger partial charge in [-0.2, -0.15) is 0 Å². The summed E-state index contributed by atoms with van der Waals surface area (Å²) in [7, 11) is 1.49. The summed E-state index contributed by atoms with van der Waals surface area (Å²) < 4.78 is 45.3. The maximum Gasteiger partial charge on any atom is 0.408 e. The molecule has 1 saturated heterocycles. The molecule has 2 aromatic heterocycles. The van der Waals surface area contributed by atoms with Gasteiger partial charge in [0.05, 0.1) is 24.9 Å². The summed E-state index contributed by atoms with van der Waals surface area (Å²) in [6.45, 7) is 10.9. The van der Waals surface area contributed by atoms with E-state index in [0.717, 1.165) is 0 Å². The van der Waals surface area contributed by atoms with E-state index < -0.39 is 76.9 Å². The lowest BCUT2D eigenvalue weighted by Crippen LogP contribution is -2.59. The number of halogens is 3. The minimum Gasteiger partial charge on any atom is -0.495 e. The lowest BCUT2D eigenvalue weighted by molar-refractivity contribution is -0.146. The number of fused-ring (bicyclic) bond motifs is 2.